The van der Waals surface area contributed by atoms with Crippen LogP contribution in [0.2, 0.25) is 5.02 Å². The standard InChI is InChI=1S/C15H11ClN2O3S/c16-11-2-1-3-13(8-11)17-14(19)9-22-15(17)10-4-6-12(7-5-10)18(20)21/h1-8,15H,9H2. The molecular weight excluding hydrogens is 324 g/mol. The maximum Gasteiger partial charge on any atom is 0.269 e. The molecule has 0 N–H and O–H groups in total. The predicted octanol–water partition coefficient (Wildman–Crippen LogP) is 4.03. The number of halogens is 1. The molecule has 1 saturated heterocycles. The van der Waals surface area contributed by atoms with E-state index in [-0.39, 0.29) is 17.0 Å². The Labute approximate surface area is 136 Å². The summed E-state index contributed by atoms with van der Waals surface area (Å²) < 4.78 is 0. The highest BCUT2D eigenvalue weighted by Gasteiger charge is 2.34. The van der Waals surface area contributed by atoms with Gasteiger partial charge in [0.05, 0.1) is 10.7 Å². The number of hydrogen-bond acceptors (Lipinski definition) is 4. The van der Waals surface area contributed by atoms with Gasteiger partial charge in [-0.25, -0.2) is 0 Å². The van der Waals surface area contributed by atoms with Crippen molar-refractivity contribution in [1.29, 1.82) is 0 Å². The van der Waals surface area contributed by atoms with E-state index in [1.807, 2.05) is 6.07 Å². The fraction of sp³-hybridized carbons (Fsp3) is 0.133. The SMILES string of the molecule is O=C1CSC(c2ccc([N+](=O)[O-])cc2)N1c1cccc(Cl)c1. The highest BCUT2D eigenvalue weighted by molar-refractivity contribution is 8.00. The van der Waals surface area contributed by atoms with Crippen LogP contribution >= 0.6 is 23.4 Å². The third-order valence-corrected chi connectivity index (χ3v) is 4.79. The van der Waals surface area contributed by atoms with Crippen molar-refractivity contribution in [3.05, 3.63) is 69.2 Å². The van der Waals surface area contributed by atoms with Crippen LogP contribution in [0.4, 0.5) is 11.4 Å². The number of thioether (sulfide) groups is 1. The van der Waals surface area contributed by atoms with Gasteiger partial charge in [-0.15, -0.1) is 11.8 Å². The maximum atomic E-state index is 12.2. The third-order valence-electron chi connectivity index (χ3n) is 3.34. The van der Waals surface area contributed by atoms with Gasteiger partial charge in [0.2, 0.25) is 5.91 Å². The second-order valence-corrected chi connectivity index (χ2v) is 6.26. The molecule has 2 aromatic rings. The van der Waals surface area contributed by atoms with Crippen molar-refractivity contribution < 1.29 is 9.72 Å². The van der Waals surface area contributed by atoms with E-state index in [2.05, 4.69) is 0 Å². The number of amides is 1. The number of non-ortho nitro benzene ring substituents is 1. The van der Waals surface area contributed by atoms with Crippen LogP contribution in [0, 0.1) is 10.1 Å². The van der Waals surface area contributed by atoms with Crippen molar-refractivity contribution in [2.24, 2.45) is 0 Å². The monoisotopic (exact) mass is 334 g/mol. The lowest BCUT2D eigenvalue weighted by Crippen LogP contribution is -2.27. The van der Waals surface area contributed by atoms with E-state index in [1.54, 1.807) is 35.2 Å². The minimum absolute atomic E-state index is 0.00406. The largest absolute Gasteiger partial charge is 0.295 e. The Hall–Kier alpha value is -2.05. The molecule has 2 aromatic carbocycles. The van der Waals surface area contributed by atoms with E-state index in [9.17, 15) is 14.9 Å². The predicted molar refractivity (Wildman–Crippen MR) is 87.2 cm³/mol. The molecule has 1 fully saturated rings. The highest BCUT2D eigenvalue weighted by Crippen LogP contribution is 2.42. The summed E-state index contributed by atoms with van der Waals surface area (Å²) in [5.74, 6) is 0.365. The molecule has 22 heavy (non-hydrogen) atoms. The van der Waals surface area contributed by atoms with Crippen LogP contribution in [0.3, 0.4) is 0 Å². The molecule has 1 aliphatic rings. The molecule has 1 unspecified atom stereocenters. The van der Waals surface area contributed by atoms with E-state index >= 15 is 0 Å². The van der Waals surface area contributed by atoms with E-state index in [4.69, 9.17) is 11.6 Å². The van der Waals surface area contributed by atoms with Gasteiger partial charge in [-0.3, -0.25) is 19.8 Å². The molecule has 0 radical (unpaired) electrons. The summed E-state index contributed by atoms with van der Waals surface area (Å²) in [6.07, 6.45) is 0. The number of nitro groups is 1. The van der Waals surface area contributed by atoms with E-state index in [1.165, 1.54) is 23.9 Å². The summed E-state index contributed by atoms with van der Waals surface area (Å²) in [5.41, 5.74) is 1.61. The normalized spacial score (nSPS) is 17.8. The maximum absolute atomic E-state index is 12.2. The van der Waals surface area contributed by atoms with Crippen molar-refractivity contribution in [3.8, 4) is 0 Å². The number of nitrogens with zero attached hydrogens (tertiary/aromatic N) is 2. The first-order valence-electron chi connectivity index (χ1n) is 6.50. The molecule has 7 heteroatoms. The number of carbonyl (C=O) groups is 1. The zero-order chi connectivity index (χ0) is 15.7. The third kappa shape index (κ3) is 2.80. The first-order valence-corrected chi connectivity index (χ1v) is 7.92. The molecule has 3 rings (SSSR count). The lowest BCUT2D eigenvalue weighted by atomic mass is 10.1. The van der Waals surface area contributed by atoms with Crippen molar-refractivity contribution in [2.45, 2.75) is 5.37 Å². The first-order chi connectivity index (χ1) is 10.6. The van der Waals surface area contributed by atoms with Gasteiger partial charge in [0.15, 0.2) is 0 Å². The van der Waals surface area contributed by atoms with Gasteiger partial charge in [-0.2, -0.15) is 0 Å². The number of anilines is 1. The first kappa shape index (κ1) is 14.9. The summed E-state index contributed by atoms with van der Waals surface area (Å²) in [6.45, 7) is 0. The Morgan fingerprint density at radius 2 is 1.95 bits per heavy atom. The van der Waals surface area contributed by atoms with Crippen molar-refractivity contribution >= 4 is 40.6 Å². The van der Waals surface area contributed by atoms with Crippen molar-refractivity contribution in [1.82, 2.24) is 0 Å². The molecule has 0 aromatic heterocycles. The molecule has 1 heterocycles. The lowest BCUT2D eigenvalue weighted by molar-refractivity contribution is -0.384. The van der Waals surface area contributed by atoms with Gasteiger partial charge < -0.3 is 0 Å². The summed E-state index contributed by atoms with van der Waals surface area (Å²) in [7, 11) is 0. The van der Waals surface area contributed by atoms with Gasteiger partial charge >= 0.3 is 0 Å². The number of carbonyl (C=O) groups excluding carboxylic acids is 1. The van der Waals surface area contributed by atoms with Crippen molar-refractivity contribution in [2.75, 3.05) is 10.7 Å². The Kier molecular flexibility index (Phi) is 4.04. The van der Waals surface area contributed by atoms with Crippen LogP contribution in [-0.2, 0) is 4.79 Å². The zero-order valence-electron chi connectivity index (χ0n) is 11.3. The summed E-state index contributed by atoms with van der Waals surface area (Å²) in [4.78, 5) is 24.2. The molecule has 0 spiro atoms. The topological polar surface area (TPSA) is 63.4 Å². The molecule has 0 saturated carbocycles. The van der Waals surface area contributed by atoms with E-state index in [0.29, 0.717) is 10.8 Å². The quantitative estimate of drug-likeness (QED) is 0.628. The summed E-state index contributed by atoms with van der Waals surface area (Å²) >= 11 is 7.49. The number of benzene rings is 2. The molecular formula is C15H11ClN2O3S. The Morgan fingerprint density at radius 1 is 1.23 bits per heavy atom. The van der Waals surface area contributed by atoms with Gasteiger partial charge in [0, 0.05) is 22.8 Å². The van der Waals surface area contributed by atoms with Crippen LogP contribution < -0.4 is 4.90 Å². The van der Waals surface area contributed by atoms with Crippen LogP contribution in [0.5, 0.6) is 0 Å². The Morgan fingerprint density at radius 3 is 2.59 bits per heavy atom. The summed E-state index contributed by atoms with van der Waals surface area (Å²) in [6, 6.07) is 13.4. The minimum atomic E-state index is -0.439. The van der Waals surface area contributed by atoms with E-state index in [0.717, 1.165) is 11.3 Å². The smallest absolute Gasteiger partial charge is 0.269 e. The lowest BCUT2D eigenvalue weighted by Gasteiger charge is -2.24. The zero-order valence-corrected chi connectivity index (χ0v) is 12.9. The molecule has 1 atom stereocenters. The molecule has 0 aliphatic carbocycles. The molecule has 1 amide bonds. The van der Waals surface area contributed by atoms with Gasteiger partial charge in [-0.1, -0.05) is 17.7 Å². The van der Waals surface area contributed by atoms with Gasteiger partial charge in [-0.05, 0) is 35.9 Å². The number of rotatable bonds is 3. The Balaban J connectivity index is 1.95. The van der Waals surface area contributed by atoms with Gasteiger partial charge in [0.25, 0.3) is 5.69 Å². The van der Waals surface area contributed by atoms with Crippen LogP contribution in [0.25, 0.3) is 0 Å². The van der Waals surface area contributed by atoms with E-state index < -0.39 is 4.92 Å². The summed E-state index contributed by atoms with van der Waals surface area (Å²) in [5, 5.41) is 11.1. The minimum Gasteiger partial charge on any atom is -0.295 e. The molecule has 1 aliphatic heterocycles. The van der Waals surface area contributed by atoms with Crippen LogP contribution in [0.15, 0.2) is 48.5 Å². The average Bonchev–Trinajstić information content (AvgIpc) is 2.89. The number of hydrogen-bond donors (Lipinski definition) is 0. The fourth-order valence-corrected chi connectivity index (χ4v) is 3.70. The molecule has 0 bridgehead atoms. The molecule has 112 valence electrons. The Bertz CT molecular complexity index is 736. The van der Waals surface area contributed by atoms with Crippen molar-refractivity contribution in [3.63, 3.8) is 0 Å². The molecule has 5 nitrogen and oxygen atoms in total. The second-order valence-electron chi connectivity index (χ2n) is 4.76. The van der Waals surface area contributed by atoms with Gasteiger partial charge in [0.1, 0.15) is 5.37 Å². The second kappa shape index (κ2) is 5.98. The van der Waals surface area contributed by atoms with Crippen LogP contribution in [0.1, 0.15) is 10.9 Å². The highest BCUT2D eigenvalue weighted by atomic mass is 35.5. The average molecular weight is 335 g/mol. The number of nitro benzene ring substituents is 1. The fourth-order valence-electron chi connectivity index (χ4n) is 2.34. The van der Waals surface area contributed by atoms with Crippen LogP contribution in [-0.4, -0.2) is 16.6 Å².